The summed E-state index contributed by atoms with van der Waals surface area (Å²) in [6.07, 6.45) is -1.38. The Labute approximate surface area is 173 Å². The van der Waals surface area contributed by atoms with Crippen molar-refractivity contribution in [1.82, 2.24) is 5.32 Å². The van der Waals surface area contributed by atoms with Crippen molar-refractivity contribution in [1.29, 1.82) is 0 Å². The molecule has 162 valence electrons. The lowest BCUT2D eigenvalue weighted by Gasteiger charge is -2.30. The van der Waals surface area contributed by atoms with Gasteiger partial charge < -0.3 is 10.2 Å². The summed E-state index contributed by atoms with van der Waals surface area (Å²) in [4.78, 5) is 13.9. The molecular formula is C20H22F3N3O3S. The normalized spacial score (nSPS) is 15.0. The number of nitrogens with zero attached hydrogens (tertiary/aromatic N) is 1. The molecule has 2 aromatic rings. The molecule has 0 spiro atoms. The van der Waals surface area contributed by atoms with Crippen LogP contribution in [0, 0.1) is 0 Å². The molecule has 6 nitrogen and oxygen atoms in total. The van der Waals surface area contributed by atoms with Crippen molar-refractivity contribution in [2.45, 2.75) is 30.3 Å². The van der Waals surface area contributed by atoms with Crippen LogP contribution in [0.4, 0.5) is 24.5 Å². The fraction of sp³-hybridized carbons (Fsp3) is 0.350. The van der Waals surface area contributed by atoms with E-state index in [9.17, 15) is 26.4 Å². The molecule has 0 aliphatic carbocycles. The van der Waals surface area contributed by atoms with E-state index in [4.69, 9.17) is 0 Å². The molecule has 1 saturated heterocycles. The van der Waals surface area contributed by atoms with Crippen molar-refractivity contribution in [2.75, 3.05) is 29.3 Å². The van der Waals surface area contributed by atoms with Crippen molar-refractivity contribution in [3.05, 3.63) is 54.1 Å². The van der Waals surface area contributed by atoms with Crippen LogP contribution in [-0.4, -0.2) is 40.1 Å². The number of sulfonamides is 1. The molecule has 0 bridgehead atoms. The number of anilines is 2. The summed E-state index contributed by atoms with van der Waals surface area (Å²) in [5, 5.41) is 1.73. The standard InChI is InChI=1S/C20H22F3N3O3S/c21-20(22,23)14-24-19(27)15-7-6-8-16(13-15)30(28,29)25-17-9-2-3-10-18(17)26-11-4-1-5-12-26/h2-3,6-10,13,25H,1,4-5,11-12,14H2,(H,24,27). The Morgan fingerprint density at radius 3 is 2.40 bits per heavy atom. The van der Waals surface area contributed by atoms with Crippen LogP contribution in [0.5, 0.6) is 0 Å². The van der Waals surface area contributed by atoms with E-state index >= 15 is 0 Å². The van der Waals surface area contributed by atoms with Crippen LogP contribution in [0.15, 0.2) is 53.4 Å². The molecule has 0 atom stereocenters. The molecule has 10 heteroatoms. The number of carbonyl (C=O) groups is 1. The Balaban J connectivity index is 1.81. The minimum atomic E-state index is -4.56. The first-order chi connectivity index (χ1) is 14.2. The third-order valence-electron chi connectivity index (χ3n) is 4.70. The second-order valence-electron chi connectivity index (χ2n) is 7.00. The topological polar surface area (TPSA) is 78.5 Å². The summed E-state index contributed by atoms with van der Waals surface area (Å²) in [7, 11) is -4.05. The van der Waals surface area contributed by atoms with E-state index in [-0.39, 0.29) is 10.5 Å². The first kappa shape index (κ1) is 21.9. The molecule has 3 rings (SSSR count). The smallest absolute Gasteiger partial charge is 0.370 e. The molecule has 0 saturated carbocycles. The zero-order chi connectivity index (χ0) is 21.8. The molecule has 2 aromatic carbocycles. The van der Waals surface area contributed by atoms with E-state index in [1.54, 1.807) is 17.4 Å². The highest BCUT2D eigenvalue weighted by Gasteiger charge is 2.28. The quantitative estimate of drug-likeness (QED) is 0.715. The number of nitrogens with one attached hydrogen (secondary N) is 2. The fourth-order valence-electron chi connectivity index (χ4n) is 3.26. The Bertz CT molecular complexity index is 1000. The molecule has 0 radical (unpaired) electrons. The Kier molecular flexibility index (Phi) is 6.55. The SMILES string of the molecule is O=C(NCC(F)(F)F)c1cccc(S(=O)(=O)Nc2ccccc2N2CCCCC2)c1. The number of carbonyl (C=O) groups excluding carboxylic acids is 1. The van der Waals surface area contributed by atoms with Crippen LogP contribution in [-0.2, 0) is 10.0 Å². The zero-order valence-electron chi connectivity index (χ0n) is 16.1. The third-order valence-corrected chi connectivity index (χ3v) is 6.06. The van der Waals surface area contributed by atoms with Crippen LogP contribution in [0.1, 0.15) is 29.6 Å². The minimum absolute atomic E-state index is 0.175. The second kappa shape index (κ2) is 8.95. The summed E-state index contributed by atoms with van der Waals surface area (Å²) in [6, 6.07) is 11.9. The lowest BCUT2D eigenvalue weighted by atomic mass is 10.1. The molecule has 1 aliphatic rings. The van der Waals surface area contributed by atoms with Crippen molar-refractivity contribution in [2.24, 2.45) is 0 Å². The van der Waals surface area contributed by atoms with Gasteiger partial charge in [-0.2, -0.15) is 13.2 Å². The predicted octanol–water partition coefficient (Wildman–Crippen LogP) is 3.77. The molecule has 1 fully saturated rings. The first-order valence-electron chi connectivity index (χ1n) is 9.47. The summed E-state index contributed by atoms with van der Waals surface area (Å²) in [5.74, 6) is -1.00. The van der Waals surface area contributed by atoms with Gasteiger partial charge in [-0.05, 0) is 49.6 Å². The van der Waals surface area contributed by atoms with Crippen LogP contribution in [0.25, 0.3) is 0 Å². The number of hydrogen-bond donors (Lipinski definition) is 2. The average Bonchev–Trinajstić information content (AvgIpc) is 2.72. The zero-order valence-corrected chi connectivity index (χ0v) is 16.9. The largest absolute Gasteiger partial charge is 0.405 e. The van der Waals surface area contributed by atoms with E-state index in [1.165, 1.54) is 18.2 Å². The maximum atomic E-state index is 12.9. The van der Waals surface area contributed by atoms with Gasteiger partial charge in [0.05, 0.1) is 16.3 Å². The van der Waals surface area contributed by atoms with Crippen LogP contribution in [0.2, 0.25) is 0 Å². The molecular weight excluding hydrogens is 419 g/mol. The number of para-hydroxylation sites is 2. The summed E-state index contributed by atoms with van der Waals surface area (Å²) in [5.41, 5.74) is 0.998. The number of amides is 1. The van der Waals surface area contributed by atoms with E-state index in [0.29, 0.717) is 5.69 Å². The van der Waals surface area contributed by atoms with E-state index in [2.05, 4.69) is 9.62 Å². The number of halogens is 3. The minimum Gasteiger partial charge on any atom is -0.370 e. The van der Waals surface area contributed by atoms with Gasteiger partial charge in [-0.15, -0.1) is 0 Å². The van der Waals surface area contributed by atoms with Crippen LogP contribution in [0.3, 0.4) is 0 Å². The lowest BCUT2D eigenvalue weighted by Crippen LogP contribution is -2.33. The van der Waals surface area contributed by atoms with Gasteiger partial charge in [0.1, 0.15) is 6.54 Å². The van der Waals surface area contributed by atoms with Crippen molar-refractivity contribution >= 4 is 27.3 Å². The number of piperidine rings is 1. The summed E-state index contributed by atoms with van der Waals surface area (Å²) < 4.78 is 65.2. The Hall–Kier alpha value is -2.75. The number of alkyl halides is 3. The Morgan fingerprint density at radius 1 is 1.00 bits per heavy atom. The van der Waals surface area contributed by atoms with E-state index < -0.39 is 28.7 Å². The molecule has 0 aromatic heterocycles. The molecule has 1 heterocycles. The monoisotopic (exact) mass is 441 g/mol. The highest BCUT2D eigenvalue weighted by atomic mass is 32.2. The lowest BCUT2D eigenvalue weighted by molar-refractivity contribution is -0.123. The van der Waals surface area contributed by atoms with Gasteiger partial charge in [-0.3, -0.25) is 9.52 Å². The van der Waals surface area contributed by atoms with Gasteiger partial charge in [-0.1, -0.05) is 18.2 Å². The summed E-state index contributed by atoms with van der Waals surface area (Å²) >= 11 is 0. The van der Waals surface area contributed by atoms with Gasteiger partial charge in [-0.25, -0.2) is 8.42 Å². The van der Waals surface area contributed by atoms with Crippen molar-refractivity contribution < 1.29 is 26.4 Å². The third kappa shape index (κ3) is 5.65. The van der Waals surface area contributed by atoms with Crippen molar-refractivity contribution in [3.8, 4) is 0 Å². The number of benzene rings is 2. The number of rotatable bonds is 6. The van der Waals surface area contributed by atoms with E-state index in [1.807, 2.05) is 12.1 Å². The van der Waals surface area contributed by atoms with Gasteiger partial charge in [0, 0.05) is 18.7 Å². The Morgan fingerprint density at radius 2 is 1.70 bits per heavy atom. The molecule has 0 unspecified atom stereocenters. The van der Waals surface area contributed by atoms with Gasteiger partial charge in [0.2, 0.25) is 0 Å². The van der Waals surface area contributed by atoms with Crippen molar-refractivity contribution in [3.63, 3.8) is 0 Å². The maximum absolute atomic E-state index is 12.9. The highest BCUT2D eigenvalue weighted by Crippen LogP contribution is 2.30. The summed E-state index contributed by atoms with van der Waals surface area (Å²) in [6.45, 7) is 0.158. The maximum Gasteiger partial charge on any atom is 0.405 e. The molecule has 1 amide bonds. The first-order valence-corrected chi connectivity index (χ1v) is 11.0. The van der Waals surface area contributed by atoms with Crippen LogP contribution < -0.4 is 14.9 Å². The van der Waals surface area contributed by atoms with E-state index in [0.717, 1.165) is 44.1 Å². The average molecular weight is 441 g/mol. The second-order valence-corrected chi connectivity index (χ2v) is 8.68. The predicted molar refractivity (Wildman–Crippen MR) is 108 cm³/mol. The van der Waals surface area contributed by atoms with Gasteiger partial charge >= 0.3 is 6.18 Å². The van der Waals surface area contributed by atoms with Gasteiger partial charge in [0.25, 0.3) is 15.9 Å². The number of hydrogen-bond acceptors (Lipinski definition) is 4. The highest BCUT2D eigenvalue weighted by molar-refractivity contribution is 7.92. The van der Waals surface area contributed by atoms with Gasteiger partial charge in [0.15, 0.2) is 0 Å². The molecule has 2 N–H and O–H groups in total. The molecule has 30 heavy (non-hydrogen) atoms. The fourth-order valence-corrected chi connectivity index (χ4v) is 4.38. The van der Waals surface area contributed by atoms with Crippen LogP contribution >= 0.6 is 0 Å². The molecule has 1 aliphatic heterocycles.